The number of nitrogens with zero attached hydrogens (tertiary/aromatic N) is 2. The van der Waals surface area contributed by atoms with E-state index in [0.29, 0.717) is 18.9 Å². The molecule has 0 saturated carbocycles. The monoisotopic (exact) mass is 346 g/mol. The van der Waals surface area contributed by atoms with Crippen molar-refractivity contribution in [3.63, 3.8) is 0 Å². The minimum absolute atomic E-state index is 0.0762. The van der Waals surface area contributed by atoms with Gasteiger partial charge in [0.15, 0.2) is 0 Å². The Kier molecular flexibility index (Phi) is 5.71. The molecule has 25 heavy (non-hydrogen) atoms. The Bertz CT molecular complexity index is 617. The largest absolute Gasteiger partial charge is 0.343 e. The van der Waals surface area contributed by atoms with Crippen molar-refractivity contribution >= 4 is 11.8 Å². The van der Waals surface area contributed by atoms with Gasteiger partial charge in [-0.25, -0.2) is 4.39 Å². The third-order valence-corrected chi connectivity index (χ3v) is 5.52. The van der Waals surface area contributed by atoms with Gasteiger partial charge in [-0.05, 0) is 49.3 Å². The summed E-state index contributed by atoms with van der Waals surface area (Å²) in [5.74, 6) is 0.254. The fourth-order valence-corrected chi connectivity index (χ4v) is 4.00. The highest BCUT2D eigenvalue weighted by molar-refractivity contribution is 5.78. The van der Waals surface area contributed by atoms with Crippen LogP contribution in [-0.4, -0.2) is 47.3 Å². The molecule has 2 atom stereocenters. The molecular weight excluding hydrogens is 319 g/mol. The van der Waals surface area contributed by atoms with Gasteiger partial charge in [0.05, 0.1) is 0 Å². The Morgan fingerprint density at radius 1 is 1.16 bits per heavy atom. The second kappa shape index (κ2) is 7.98. The molecule has 5 heteroatoms. The molecule has 3 rings (SSSR count). The molecule has 1 aromatic rings. The number of rotatable bonds is 4. The van der Waals surface area contributed by atoms with E-state index in [1.54, 1.807) is 12.1 Å². The molecule has 0 N–H and O–H groups in total. The zero-order valence-electron chi connectivity index (χ0n) is 14.9. The first-order valence-corrected chi connectivity index (χ1v) is 9.37. The van der Waals surface area contributed by atoms with Crippen molar-refractivity contribution in [1.29, 1.82) is 0 Å². The van der Waals surface area contributed by atoms with Crippen LogP contribution in [0, 0.1) is 5.82 Å². The lowest BCUT2D eigenvalue weighted by molar-refractivity contribution is -0.131. The Morgan fingerprint density at radius 2 is 1.92 bits per heavy atom. The number of likely N-dealkylation sites (tertiary alicyclic amines) is 2. The summed E-state index contributed by atoms with van der Waals surface area (Å²) in [5, 5.41) is 0. The van der Waals surface area contributed by atoms with E-state index >= 15 is 0 Å². The van der Waals surface area contributed by atoms with E-state index in [2.05, 4.69) is 0 Å². The topological polar surface area (TPSA) is 40.6 Å². The van der Waals surface area contributed by atoms with Gasteiger partial charge in [-0.15, -0.1) is 0 Å². The summed E-state index contributed by atoms with van der Waals surface area (Å²) in [6.07, 6.45) is 4.90. The predicted octanol–water partition coefficient (Wildman–Crippen LogP) is 3.32. The smallest absolute Gasteiger partial charge is 0.223 e. The van der Waals surface area contributed by atoms with E-state index in [-0.39, 0.29) is 23.5 Å². The van der Waals surface area contributed by atoms with Gasteiger partial charge in [0, 0.05) is 38.5 Å². The summed E-state index contributed by atoms with van der Waals surface area (Å²) in [4.78, 5) is 28.6. The van der Waals surface area contributed by atoms with Crippen LogP contribution in [0.25, 0.3) is 0 Å². The first kappa shape index (κ1) is 17.9. The molecule has 0 radical (unpaired) electrons. The molecule has 0 bridgehead atoms. The maximum atomic E-state index is 13.0. The van der Waals surface area contributed by atoms with Gasteiger partial charge >= 0.3 is 0 Å². The third kappa shape index (κ3) is 4.39. The molecule has 0 aliphatic carbocycles. The van der Waals surface area contributed by atoms with Crippen molar-refractivity contribution in [1.82, 2.24) is 9.80 Å². The Labute approximate surface area is 149 Å². The van der Waals surface area contributed by atoms with Crippen molar-refractivity contribution < 1.29 is 14.0 Å². The first-order chi connectivity index (χ1) is 12.0. The van der Waals surface area contributed by atoms with Crippen LogP contribution in [0.5, 0.6) is 0 Å². The first-order valence-electron chi connectivity index (χ1n) is 9.37. The van der Waals surface area contributed by atoms with Crippen LogP contribution < -0.4 is 0 Å². The molecule has 2 amide bonds. The molecule has 4 nitrogen and oxygen atoms in total. The minimum atomic E-state index is -0.253. The molecule has 1 aromatic carbocycles. The van der Waals surface area contributed by atoms with Gasteiger partial charge in [0.25, 0.3) is 0 Å². The van der Waals surface area contributed by atoms with E-state index in [0.717, 1.165) is 50.9 Å². The second-order valence-corrected chi connectivity index (χ2v) is 7.31. The molecule has 136 valence electrons. The number of amides is 2. The maximum Gasteiger partial charge on any atom is 0.223 e. The molecule has 2 saturated heterocycles. The standard InChI is InChI=1S/C20H27FN2O2/c1-15(16-6-8-17(21)9-7-16)14-20(25)22-11-2-4-18(10-13-22)23-12-3-5-19(23)24/h6-9,15,18H,2-5,10-14H2,1H3/t15-,18-/m0/s1. The van der Waals surface area contributed by atoms with Crippen molar-refractivity contribution in [3.8, 4) is 0 Å². The third-order valence-electron chi connectivity index (χ3n) is 5.52. The summed E-state index contributed by atoms with van der Waals surface area (Å²) in [6.45, 7) is 4.38. The SMILES string of the molecule is C[C@@H](CC(=O)N1CCC[C@H](N2CCCC2=O)CC1)c1ccc(F)cc1. The summed E-state index contributed by atoms with van der Waals surface area (Å²) < 4.78 is 13.0. The molecule has 2 heterocycles. The molecule has 2 fully saturated rings. The van der Waals surface area contributed by atoms with Gasteiger partial charge < -0.3 is 9.80 Å². The molecule has 2 aliphatic heterocycles. The average molecular weight is 346 g/mol. The predicted molar refractivity (Wildman–Crippen MR) is 94.6 cm³/mol. The van der Waals surface area contributed by atoms with E-state index in [4.69, 9.17) is 0 Å². The molecule has 2 aliphatic rings. The van der Waals surface area contributed by atoms with Gasteiger partial charge in [-0.2, -0.15) is 0 Å². The number of carbonyl (C=O) groups excluding carboxylic acids is 2. The number of hydrogen-bond donors (Lipinski definition) is 0. The summed E-state index contributed by atoms with van der Waals surface area (Å²) in [5.41, 5.74) is 0.991. The fourth-order valence-electron chi connectivity index (χ4n) is 4.00. The van der Waals surface area contributed by atoms with Crippen molar-refractivity contribution in [2.45, 2.75) is 57.4 Å². The molecule has 0 aromatic heterocycles. The zero-order chi connectivity index (χ0) is 17.8. The molecule has 0 unspecified atom stereocenters. The molecule has 0 spiro atoms. The average Bonchev–Trinajstić information content (AvgIpc) is 2.88. The van der Waals surface area contributed by atoms with Gasteiger partial charge in [-0.1, -0.05) is 19.1 Å². The van der Waals surface area contributed by atoms with Crippen molar-refractivity contribution in [3.05, 3.63) is 35.6 Å². The van der Waals surface area contributed by atoms with Crippen LogP contribution in [-0.2, 0) is 9.59 Å². The number of hydrogen-bond acceptors (Lipinski definition) is 2. The fraction of sp³-hybridized carbons (Fsp3) is 0.600. The van der Waals surface area contributed by atoms with Gasteiger partial charge in [0.2, 0.25) is 11.8 Å². The summed E-state index contributed by atoms with van der Waals surface area (Å²) >= 11 is 0. The quantitative estimate of drug-likeness (QED) is 0.839. The number of carbonyl (C=O) groups is 2. The Morgan fingerprint density at radius 3 is 2.60 bits per heavy atom. The van der Waals surface area contributed by atoms with Crippen molar-refractivity contribution in [2.75, 3.05) is 19.6 Å². The summed E-state index contributed by atoms with van der Waals surface area (Å²) in [6, 6.07) is 6.69. The van der Waals surface area contributed by atoms with Crippen LogP contribution in [0.4, 0.5) is 4.39 Å². The van der Waals surface area contributed by atoms with E-state index in [1.165, 1.54) is 12.1 Å². The maximum absolute atomic E-state index is 13.0. The van der Waals surface area contributed by atoms with Crippen LogP contribution in [0.3, 0.4) is 0 Å². The highest BCUT2D eigenvalue weighted by Crippen LogP contribution is 2.24. The van der Waals surface area contributed by atoms with Crippen LogP contribution >= 0.6 is 0 Å². The van der Waals surface area contributed by atoms with Crippen LogP contribution in [0.2, 0.25) is 0 Å². The molecular formula is C20H27FN2O2. The lowest BCUT2D eigenvalue weighted by Crippen LogP contribution is -2.38. The van der Waals surface area contributed by atoms with E-state index in [1.807, 2.05) is 16.7 Å². The van der Waals surface area contributed by atoms with E-state index < -0.39 is 0 Å². The zero-order valence-corrected chi connectivity index (χ0v) is 14.9. The number of benzene rings is 1. The minimum Gasteiger partial charge on any atom is -0.343 e. The van der Waals surface area contributed by atoms with Gasteiger partial charge in [-0.3, -0.25) is 9.59 Å². The number of halogens is 1. The van der Waals surface area contributed by atoms with Crippen LogP contribution in [0.15, 0.2) is 24.3 Å². The van der Waals surface area contributed by atoms with E-state index in [9.17, 15) is 14.0 Å². The highest BCUT2D eigenvalue weighted by atomic mass is 19.1. The van der Waals surface area contributed by atoms with Gasteiger partial charge in [0.1, 0.15) is 5.82 Å². The lowest BCUT2D eigenvalue weighted by atomic mass is 9.97. The highest BCUT2D eigenvalue weighted by Gasteiger charge is 2.30. The normalized spacial score (nSPS) is 22.8. The lowest BCUT2D eigenvalue weighted by Gasteiger charge is -2.27. The summed E-state index contributed by atoms with van der Waals surface area (Å²) in [7, 11) is 0. The second-order valence-electron chi connectivity index (χ2n) is 7.31. The van der Waals surface area contributed by atoms with Crippen molar-refractivity contribution in [2.24, 2.45) is 0 Å². The Balaban J connectivity index is 1.54. The Hall–Kier alpha value is -1.91. The van der Waals surface area contributed by atoms with Crippen LogP contribution in [0.1, 0.15) is 56.9 Å².